The summed E-state index contributed by atoms with van der Waals surface area (Å²) in [5.74, 6) is -3.82. The first-order valence-corrected chi connectivity index (χ1v) is 10.8. The second-order valence-corrected chi connectivity index (χ2v) is 8.01. The van der Waals surface area contributed by atoms with Crippen LogP contribution in [0.4, 0.5) is 10.1 Å². The van der Waals surface area contributed by atoms with Gasteiger partial charge in [0.2, 0.25) is 5.78 Å². The molecule has 35 heavy (non-hydrogen) atoms. The van der Waals surface area contributed by atoms with Crippen LogP contribution in [0.5, 0.6) is 5.75 Å². The van der Waals surface area contributed by atoms with Gasteiger partial charge in [-0.15, -0.1) is 0 Å². The molecule has 4 aromatic rings. The van der Waals surface area contributed by atoms with Crippen LogP contribution < -0.4 is 9.64 Å². The summed E-state index contributed by atoms with van der Waals surface area (Å²) in [6.07, 6.45) is 1.44. The number of carbonyl (C=O) groups is 3. The van der Waals surface area contributed by atoms with Crippen LogP contribution in [0.2, 0.25) is 0 Å². The van der Waals surface area contributed by atoms with Crippen LogP contribution in [0.25, 0.3) is 11.3 Å². The van der Waals surface area contributed by atoms with Crippen molar-refractivity contribution in [2.75, 3.05) is 12.0 Å². The summed E-state index contributed by atoms with van der Waals surface area (Å²) < 4.78 is 25.0. The van der Waals surface area contributed by atoms with Crippen molar-refractivity contribution in [1.29, 1.82) is 0 Å². The number of ketones is 2. The molecule has 0 saturated carbocycles. The number of aromatic nitrogens is 1. The highest BCUT2D eigenvalue weighted by Crippen LogP contribution is 2.42. The minimum Gasteiger partial charge on any atom is -0.497 e. The lowest BCUT2D eigenvalue weighted by molar-refractivity contribution is -0.135. The summed E-state index contributed by atoms with van der Waals surface area (Å²) in [6.45, 7) is 0. The van der Waals surface area contributed by atoms with Gasteiger partial charge in [0.25, 0.3) is 5.91 Å². The molecule has 2 heterocycles. The van der Waals surface area contributed by atoms with E-state index in [2.05, 4.69) is 5.16 Å². The maximum absolute atomic E-state index is 15.0. The standard InChI is InChI=1S/C27H19FN2O5/c1-34-19-12-8-17(9-13-19)25(31)23-24(20-4-2-3-5-21(20)28)30(27(33)26(23)32)18-10-6-16(7-11-18)22-14-15-35-29-22/h2-15,23-24H,1H3. The van der Waals surface area contributed by atoms with Crippen LogP contribution in [0.15, 0.2) is 89.6 Å². The van der Waals surface area contributed by atoms with Crippen LogP contribution in [0.3, 0.4) is 0 Å². The van der Waals surface area contributed by atoms with Gasteiger partial charge < -0.3 is 9.26 Å². The average Bonchev–Trinajstić information content (AvgIpc) is 3.51. The van der Waals surface area contributed by atoms with E-state index >= 15 is 0 Å². The average molecular weight is 470 g/mol. The van der Waals surface area contributed by atoms with Crippen LogP contribution in [-0.4, -0.2) is 29.7 Å². The van der Waals surface area contributed by atoms with Gasteiger partial charge in [-0.1, -0.05) is 35.5 Å². The van der Waals surface area contributed by atoms with Gasteiger partial charge in [0.15, 0.2) is 5.78 Å². The van der Waals surface area contributed by atoms with E-state index in [9.17, 15) is 18.8 Å². The van der Waals surface area contributed by atoms with Gasteiger partial charge in [-0.2, -0.15) is 0 Å². The minimum atomic E-state index is -1.41. The number of rotatable bonds is 6. The number of Topliss-reactive ketones (excluding diaryl/α,β-unsaturated/α-hetero) is 2. The second kappa shape index (κ2) is 8.98. The highest BCUT2D eigenvalue weighted by atomic mass is 19.1. The number of amides is 1. The molecule has 1 fully saturated rings. The topological polar surface area (TPSA) is 89.7 Å². The minimum absolute atomic E-state index is 0.0825. The van der Waals surface area contributed by atoms with E-state index in [0.717, 1.165) is 5.56 Å². The van der Waals surface area contributed by atoms with Crippen molar-refractivity contribution in [2.45, 2.75) is 6.04 Å². The number of nitrogens with zero attached hydrogens (tertiary/aromatic N) is 2. The molecule has 174 valence electrons. The molecule has 5 rings (SSSR count). The van der Waals surface area contributed by atoms with E-state index in [4.69, 9.17) is 9.26 Å². The summed E-state index contributed by atoms with van der Waals surface area (Å²) in [5.41, 5.74) is 1.99. The predicted octanol–water partition coefficient (Wildman–Crippen LogP) is 4.65. The third kappa shape index (κ3) is 3.89. The van der Waals surface area contributed by atoms with Crippen LogP contribution in [0.1, 0.15) is 22.0 Å². The summed E-state index contributed by atoms with van der Waals surface area (Å²) in [6, 6.07) is 19.3. The number of carbonyl (C=O) groups excluding carboxylic acids is 3. The van der Waals surface area contributed by atoms with Crippen molar-refractivity contribution >= 4 is 23.2 Å². The molecule has 7 nitrogen and oxygen atoms in total. The Bertz CT molecular complexity index is 1400. The molecule has 8 heteroatoms. The Morgan fingerprint density at radius 1 is 0.971 bits per heavy atom. The third-order valence-electron chi connectivity index (χ3n) is 6.07. The molecule has 1 aromatic heterocycles. The maximum Gasteiger partial charge on any atom is 0.295 e. The molecule has 0 aliphatic carbocycles. The van der Waals surface area contributed by atoms with E-state index in [1.54, 1.807) is 48.5 Å². The number of methoxy groups -OCH3 is 1. The lowest BCUT2D eigenvalue weighted by Crippen LogP contribution is -2.31. The number of hydrogen-bond donors (Lipinski definition) is 0. The van der Waals surface area contributed by atoms with Crippen LogP contribution in [-0.2, 0) is 9.59 Å². The summed E-state index contributed by atoms with van der Waals surface area (Å²) in [5, 5.41) is 3.88. The first-order chi connectivity index (χ1) is 17.0. The fraction of sp³-hybridized carbons (Fsp3) is 0.111. The Hall–Kier alpha value is -4.59. The number of halogens is 1. The van der Waals surface area contributed by atoms with Crippen molar-refractivity contribution in [3.8, 4) is 17.0 Å². The zero-order valence-corrected chi connectivity index (χ0v) is 18.6. The molecular formula is C27H19FN2O5. The molecule has 0 spiro atoms. The Balaban J connectivity index is 1.59. The molecule has 2 atom stereocenters. The molecule has 0 N–H and O–H groups in total. The van der Waals surface area contributed by atoms with Crippen molar-refractivity contribution in [3.63, 3.8) is 0 Å². The Morgan fingerprint density at radius 3 is 2.31 bits per heavy atom. The number of ether oxygens (including phenoxy) is 1. The highest BCUT2D eigenvalue weighted by molar-refractivity contribution is 6.49. The molecular weight excluding hydrogens is 451 g/mol. The quantitative estimate of drug-likeness (QED) is 0.232. The zero-order chi connectivity index (χ0) is 24.5. The monoisotopic (exact) mass is 470 g/mol. The number of anilines is 1. The van der Waals surface area contributed by atoms with Gasteiger partial charge in [-0.3, -0.25) is 19.3 Å². The van der Waals surface area contributed by atoms with Gasteiger partial charge in [0.05, 0.1) is 13.2 Å². The molecule has 3 aromatic carbocycles. The van der Waals surface area contributed by atoms with Crippen molar-refractivity contribution < 1.29 is 28.0 Å². The lowest BCUT2D eigenvalue weighted by Gasteiger charge is -2.27. The zero-order valence-electron chi connectivity index (χ0n) is 18.6. The molecule has 0 radical (unpaired) electrons. The normalized spacial score (nSPS) is 17.6. The largest absolute Gasteiger partial charge is 0.497 e. The fourth-order valence-electron chi connectivity index (χ4n) is 4.33. The van der Waals surface area contributed by atoms with Gasteiger partial charge in [0.1, 0.15) is 29.4 Å². The summed E-state index contributed by atoms with van der Waals surface area (Å²) in [7, 11) is 1.50. The van der Waals surface area contributed by atoms with E-state index in [1.807, 2.05) is 0 Å². The van der Waals surface area contributed by atoms with E-state index in [0.29, 0.717) is 17.1 Å². The summed E-state index contributed by atoms with van der Waals surface area (Å²) >= 11 is 0. The number of hydrogen-bond acceptors (Lipinski definition) is 6. The smallest absolute Gasteiger partial charge is 0.295 e. The van der Waals surface area contributed by atoms with Gasteiger partial charge in [-0.25, -0.2) is 4.39 Å². The molecule has 1 saturated heterocycles. The van der Waals surface area contributed by atoms with Gasteiger partial charge in [-0.05, 0) is 42.5 Å². The second-order valence-electron chi connectivity index (χ2n) is 8.01. The van der Waals surface area contributed by atoms with Crippen LogP contribution >= 0.6 is 0 Å². The van der Waals surface area contributed by atoms with E-state index < -0.39 is 35.3 Å². The SMILES string of the molecule is COc1ccc(C(=O)C2C(=O)C(=O)N(c3ccc(-c4ccon4)cc3)C2c2ccccc2F)cc1. The Morgan fingerprint density at radius 2 is 1.69 bits per heavy atom. The molecule has 1 aliphatic rings. The third-order valence-corrected chi connectivity index (χ3v) is 6.07. The fourth-order valence-corrected chi connectivity index (χ4v) is 4.33. The first-order valence-electron chi connectivity index (χ1n) is 10.8. The van der Waals surface area contributed by atoms with Crippen LogP contribution in [0, 0.1) is 11.7 Å². The van der Waals surface area contributed by atoms with E-state index in [1.165, 1.54) is 48.6 Å². The molecule has 2 unspecified atom stereocenters. The van der Waals surface area contributed by atoms with Gasteiger partial charge in [0, 0.05) is 28.4 Å². The van der Waals surface area contributed by atoms with E-state index in [-0.39, 0.29) is 11.1 Å². The van der Waals surface area contributed by atoms with Crippen molar-refractivity contribution in [3.05, 3.63) is 102 Å². The molecule has 1 aliphatic heterocycles. The maximum atomic E-state index is 15.0. The van der Waals surface area contributed by atoms with Crippen molar-refractivity contribution in [1.82, 2.24) is 5.16 Å². The van der Waals surface area contributed by atoms with Gasteiger partial charge >= 0.3 is 0 Å². The summed E-state index contributed by atoms with van der Waals surface area (Å²) in [4.78, 5) is 41.1. The predicted molar refractivity (Wildman–Crippen MR) is 124 cm³/mol. The lowest BCUT2D eigenvalue weighted by atomic mass is 9.86. The highest BCUT2D eigenvalue weighted by Gasteiger charge is 2.53. The molecule has 0 bridgehead atoms. The first kappa shape index (κ1) is 22.2. The van der Waals surface area contributed by atoms with Crippen molar-refractivity contribution in [2.24, 2.45) is 5.92 Å². The Labute approximate surface area is 199 Å². The Kier molecular flexibility index (Phi) is 5.70. The molecule has 1 amide bonds. The number of benzene rings is 3.